The van der Waals surface area contributed by atoms with E-state index >= 15 is 0 Å². The van der Waals surface area contributed by atoms with Crippen LogP contribution in [0.25, 0.3) is 0 Å². The fourth-order valence-electron chi connectivity index (χ4n) is 3.02. The normalized spacial score (nSPS) is 14.7. The van der Waals surface area contributed by atoms with Gasteiger partial charge in [0.1, 0.15) is 5.75 Å². The molecule has 0 radical (unpaired) electrons. The summed E-state index contributed by atoms with van der Waals surface area (Å²) in [5, 5.41) is 5.47. The van der Waals surface area contributed by atoms with E-state index in [0.29, 0.717) is 22.8 Å². The summed E-state index contributed by atoms with van der Waals surface area (Å²) in [4.78, 5) is 37.7. The predicted molar refractivity (Wildman–Crippen MR) is 107 cm³/mol. The molecule has 0 unspecified atom stereocenters. The summed E-state index contributed by atoms with van der Waals surface area (Å²) in [5.41, 5.74) is 0.959. The SMILES string of the molecule is CC(=O)Nc1ccc(NC(=O)CCN2C(=O)C(C)(C)Oc3ccccc32)cc1. The van der Waals surface area contributed by atoms with E-state index in [0.717, 1.165) is 0 Å². The molecule has 146 valence electrons. The van der Waals surface area contributed by atoms with Crippen molar-refractivity contribution in [3.63, 3.8) is 0 Å². The molecule has 1 aliphatic rings. The van der Waals surface area contributed by atoms with Crippen LogP contribution in [0.15, 0.2) is 48.5 Å². The maximum atomic E-state index is 12.7. The van der Waals surface area contributed by atoms with Gasteiger partial charge in [0.2, 0.25) is 11.8 Å². The third-order valence-corrected chi connectivity index (χ3v) is 4.33. The van der Waals surface area contributed by atoms with Crippen LogP contribution < -0.4 is 20.3 Å². The van der Waals surface area contributed by atoms with Gasteiger partial charge in [-0.1, -0.05) is 12.1 Å². The molecule has 0 saturated heterocycles. The van der Waals surface area contributed by atoms with Crippen LogP contribution in [0.4, 0.5) is 17.1 Å². The standard InChI is InChI=1S/C21H23N3O4/c1-14(25)22-15-8-10-16(11-9-15)23-19(26)12-13-24-17-6-4-5-7-18(17)28-21(2,3)20(24)27/h4-11H,12-13H2,1-3H3,(H,22,25)(H,23,26). The van der Waals surface area contributed by atoms with Gasteiger partial charge in [-0.25, -0.2) is 0 Å². The van der Waals surface area contributed by atoms with Crippen LogP contribution in [0, 0.1) is 0 Å². The van der Waals surface area contributed by atoms with Crippen molar-refractivity contribution < 1.29 is 19.1 Å². The zero-order valence-electron chi connectivity index (χ0n) is 16.1. The van der Waals surface area contributed by atoms with Gasteiger partial charge in [0.05, 0.1) is 5.69 Å². The van der Waals surface area contributed by atoms with Crippen molar-refractivity contribution in [1.29, 1.82) is 0 Å². The fourth-order valence-corrected chi connectivity index (χ4v) is 3.02. The van der Waals surface area contributed by atoms with Crippen LogP contribution in [0.5, 0.6) is 5.75 Å². The van der Waals surface area contributed by atoms with E-state index in [2.05, 4.69) is 10.6 Å². The number of benzene rings is 2. The van der Waals surface area contributed by atoms with E-state index in [-0.39, 0.29) is 30.7 Å². The first-order valence-corrected chi connectivity index (χ1v) is 9.04. The number of hydrogen-bond donors (Lipinski definition) is 2. The molecular formula is C21H23N3O4. The van der Waals surface area contributed by atoms with Crippen molar-refractivity contribution >= 4 is 34.8 Å². The van der Waals surface area contributed by atoms with Gasteiger partial charge in [0.15, 0.2) is 5.60 Å². The summed E-state index contributed by atoms with van der Waals surface area (Å²) in [7, 11) is 0. The van der Waals surface area contributed by atoms with Crippen molar-refractivity contribution in [3.8, 4) is 5.75 Å². The van der Waals surface area contributed by atoms with E-state index in [1.165, 1.54) is 6.92 Å². The van der Waals surface area contributed by atoms with Crippen LogP contribution in [-0.4, -0.2) is 29.9 Å². The van der Waals surface area contributed by atoms with Gasteiger partial charge in [-0.15, -0.1) is 0 Å². The molecule has 2 aromatic carbocycles. The van der Waals surface area contributed by atoms with Gasteiger partial charge >= 0.3 is 0 Å². The lowest BCUT2D eigenvalue weighted by Gasteiger charge is -2.38. The minimum absolute atomic E-state index is 0.142. The van der Waals surface area contributed by atoms with E-state index in [4.69, 9.17) is 4.74 Å². The summed E-state index contributed by atoms with van der Waals surface area (Å²) in [6, 6.07) is 14.1. The Kier molecular flexibility index (Phi) is 5.35. The number of para-hydroxylation sites is 2. The highest BCUT2D eigenvalue weighted by Crippen LogP contribution is 2.37. The highest BCUT2D eigenvalue weighted by atomic mass is 16.5. The molecule has 0 aliphatic carbocycles. The predicted octanol–water partition coefficient (Wildman–Crippen LogP) is 3.18. The summed E-state index contributed by atoms with van der Waals surface area (Å²) < 4.78 is 5.78. The molecule has 0 fully saturated rings. The van der Waals surface area contributed by atoms with Crippen LogP contribution in [-0.2, 0) is 14.4 Å². The first kappa shape index (κ1) is 19.4. The van der Waals surface area contributed by atoms with Crippen molar-refractivity contribution in [2.24, 2.45) is 0 Å². The second-order valence-electron chi connectivity index (χ2n) is 7.09. The summed E-state index contributed by atoms with van der Waals surface area (Å²) >= 11 is 0. The van der Waals surface area contributed by atoms with Crippen molar-refractivity contribution in [2.45, 2.75) is 32.8 Å². The zero-order chi connectivity index (χ0) is 20.3. The van der Waals surface area contributed by atoms with Gasteiger partial charge in [-0.3, -0.25) is 14.4 Å². The Morgan fingerprint density at radius 2 is 1.61 bits per heavy atom. The largest absolute Gasteiger partial charge is 0.476 e. The molecule has 0 atom stereocenters. The van der Waals surface area contributed by atoms with Crippen LogP contribution >= 0.6 is 0 Å². The second-order valence-corrected chi connectivity index (χ2v) is 7.09. The lowest BCUT2D eigenvalue weighted by Crippen LogP contribution is -2.53. The average molecular weight is 381 g/mol. The molecule has 0 aromatic heterocycles. The van der Waals surface area contributed by atoms with Gasteiger partial charge < -0.3 is 20.3 Å². The minimum Gasteiger partial charge on any atom is -0.476 e. The first-order valence-electron chi connectivity index (χ1n) is 9.04. The second kappa shape index (κ2) is 7.72. The highest BCUT2D eigenvalue weighted by molar-refractivity contribution is 6.03. The van der Waals surface area contributed by atoms with Gasteiger partial charge in [-0.2, -0.15) is 0 Å². The highest BCUT2D eigenvalue weighted by Gasteiger charge is 2.40. The number of carbonyl (C=O) groups excluding carboxylic acids is 3. The number of anilines is 3. The Balaban J connectivity index is 1.64. The molecule has 7 nitrogen and oxygen atoms in total. The van der Waals surface area contributed by atoms with E-state index in [1.54, 1.807) is 49.1 Å². The average Bonchev–Trinajstić information content (AvgIpc) is 2.63. The van der Waals surface area contributed by atoms with Crippen LogP contribution in [0.2, 0.25) is 0 Å². The molecule has 1 heterocycles. The number of carbonyl (C=O) groups is 3. The van der Waals surface area contributed by atoms with Crippen molar-refractivity contribution in [3.05, 3.63) is 48.5 Å². The topological polar surface area (TPSA) is 87.7 Å². The van der Waals surface area contributed by atoms with Gasteiger partial charge in [0.25, 0.3) is 5.91 Å². The fraction of sp³-hybridized carbons (Fsp3) is 0.286. The van der Waals surface area contributed by atoms with Crippen molar-refractivity contribution in [2.75, 3.05) is 22.1 Å². The Labute approximate surface area is 163 Å². The Morgan fingerprint density at radius 3 is 2.25 bits per heavy atom. The molecule has 1 aliphatic heterocycles. The molecular weight excluding hydrogens is 358 g/mol. The number of rotatable bonds is 5. The maximum absolute atomic E-state index is 12.7. The molecule has 0 bridgehead atoms. The Hall–Kier alpha value is -3.35. The van der Waals surface area contributed by atoms with Crippen LogP contribution in [0.3, 0.4) is 0 Å². The molecule has 3 amide bonds. The quantitative estimate of drug-likeness (QED) is 0.833. The molecule has 2 aromatic rings. The summed E-state index contributed by atoms with van der Waals surface area (Å²) in [6.07, 6.45) is 0.142. The minimum atomic E-state index is -0.982. The van der Waals surface area contributed by atoms with Crippen LogP contribution in [0.1, 0.15) is 27.2 Å². The van der Waals surface area contributed by atoms with E-state index < -0.39 is 5.60 Å². The lowest BCUT2D eigenvalue weighted by atomic mass is 10.0. The van der Waals surface area contributed by atoms with E-state index in [9.17, 15) is 14.4 Å². The third kappa shape index (κ3) is 4.31. The van der Waals surface area contributed by atoms with Gasteiger partial charge in [0, 0.05) is 31.3 Å². The molecule has 28 heavy (non-hydrogen) atoms. The number of amides is 3. The lowest BCUT2D eigenvalue weighted by molar-refractivity contribution is -0.132. The maximum Gasteiger partial charge on any atom is 0.270 e. The molecule has 7 heteroatoms. The Bertz CT molecular complexity index is 906. The Morgan fingerprint density at radius 1 is 1.00 bits per heavy atom. The number of nitrogens with zero attached hydrogens (tertiary/aromatic N) is 1. The number of ether oxygens (including phenoxy) is 1. The molecule has 0 saturated carbocycles. The number of nitrogens with one attached hydrogen (secondary N) is 2. The third-order valence-electron chi connectivity index (χ3n) is 4.33. The number of hydrogen-bond acceptors (Lipinski definition) is 4. The number of fused-ring (bicyclic) bond motifs is 1. The van der Waals surface area contributed by atoms with Crippen molar-refractivity contribution in [1.82, 2.24) is 0 Å². The monoisotopic (exact) mass is 381 g/mol. The smallest absolute Gasteiger partial charge is 0.270 e. The molecule has 3 rings (SSSR count). The first-order chi connectivity index (χ1) is 13.3. The van der Waals surface area contributed by atoms with E-state index in [1.807, 2.05) is 18.2 Å². The molecule has 0 spiro atoms. The summed E-state index contributed by atoms with van der Waals surface area (Å²) in [5.74, 6) is 0.0803. The van der Waals surface area contributed by atoms with Gasteiger partial charge in [-0.05, 0) is 50.2 Å². The molecule has 2 N–H and O–H groups in total. The zero-order valence-corrected chi connectivity index (χ0v) is 16.1. The summed E-state index contributed by atoms with van der Waals surface area (Å²) in [6.45, 7) is 5.12.